The van der Waals surface area contributed by atoms with E-state index in [9.17, 15) is 4.79 Å². The number of nitrogens with zero attached hydrogens (tertiary/aromatic N) is 3. The molecule has 1 aliphatic rings. The molecule has 30 heavy (non-hydrogen) atoms. The molecule has 3 aromatic rings. The van der Waals surface area contributed by atoms with Gasteiger partial charge in [0.05, 0.1) is 29.4 Å². The number of aromatic nitrogens is 2. The molecular formula is C22H23BrClN3O3. The van der Waals surface area contributed by atoms with E-state index in [1.165, 1.54) is 0 Å². The van der Waals surface area contributed by atoms with Gasteiger partial charge in [0.1, 0.15) is 11.4 Å². The van der Waals surface area contributed by atoms with Crippen LogP contribution in [0.1, 0.15) is 20.8 Å². The van der Waals surface area contributed by atoms with Gasteiger partial charge in [0.2, 0.25) is 0 Å². The smallest absolute Gasteiger partial charge is 0.419 e. The van der Waals surface area contributed by atoms with Gasteiger partial charge in [0.15, 0.2) is 0 Å². The molecule has 2 aromatic heterocycles. The zero-order valence-corrected chi connectivity index (χ0v) is 19.5. The van der Waals surface area contributed by atoms with Gasteiger partial charge < -0.3 is 14.4 Å². The molecule has 1 saturated heterocycles. The number of halogens is 2. The van der Waals surface area contributed by atoms with Crippen LogP contribution in [-0.4, -0.2) is 47.5 Å². The van der Waals surface area contributed by atoms with Crippen molar-refractivity contribution in [1.82, 2.24) is 9.55 Å². The topological polar surface area (TPSA) is 56.6 Å². The first kappa shape index (κ1) is 21.2. The van der Waals surface area contributed by atoms with Gasteiger partial charge in [-0.3, -0.25) is 0 Å². The van der Waals surface area contributed by atoms with Gasteiger partial charge in [-0.05, 0) is 67.0 Å². The number of hydrogen-bond donors (Lipinski definition) is 0. The monoisotopic (exact) mass is 491 g/mol. The highest BCUT2D eigenvalue weighted by Gasteiger charge is 2.24. The normalized spacial score (nSPS) is 14.9. The minimum atomic E-state index is -0.622. The molecule has 0 amide bonds. The summed E-state index contributed by atoms with van der Waals surface area (Å²) in [7, 11) is 0. The minimum Gasteiger partial charge on any atom is -0.443 e. The molecule has 4 rings (SSSR count). The van der Waals surface area contributed by atoms with Crippen LogP contribution in [0.3, 0.4) is 0 Å². The van der Waals surface area contributed by atoms with E-state index in [-0.39, 0.29) is 0 Å². The Labute approximate surface area is 188 Å². The maximum absolute atomic E-state index is 13.1. The van der Waals surface area contributed by atoms with Gasteiger partial charge in [0.25, 0.3) is 0 Å². The van der Waals surface area contributed by atoms with Crippen molar-refractivity contribution in [1.29, 1.82) is 0 Å². The summed E-state index contributed by atoms with van der Waals surface area (Å²) in [5.41, 5.74) is 1.59. The predicted molar refractivity (Wildman–Crippen MR) is 123 cm³/mol. The van der Waals surface area contributed by atoms with Crippen molar-refractivity contribution in [3.8, 4) is 11.3 Å². The first-order chi connectivity index (χ1) is 14.2. The van der Waals surface area contributed by atoms with Crippen molar-refractivity contribution in [2.24, 2.45) is 0 Å². The molecule has 3 heterocycles. The lowest BCUT2D eigenvalue weighted by Crippen LogP contribution is -2.36. The van der Waals surface area contributed by atoms with Crippen molar-refractivity contribution in [2.75, 3.05) is 31.2 Å². The van der Waals surface area contributed by atoms with Crippen molar-refractivity contribution >= 4 is 50.3 Å². The van der Waals surface area contributed by atoms with E-state index >= 15 is 0 Å². The van der Waals surface area contributed by atoms with Crippen molar-refractivity contribution in [3.05, 3.63) is 46.0 Å². The predicted octanol–water partition coefficient (Wildman–Crippen LogP) is 5.74. The largest absolute Gasteiger partial charge is 0.443 e. The van der Waals surface area contributed by atoms with Crippen molar-refractivity contribution < 1.29 is 14.3 Å². The first-order valence-electron chi connectivity index (χ1n) is 9.76. The summed E-state index contributed by atoms with van der Waals surface area (Å²) >= 11 is 9.78. The lowest BCUT2D eigenvalue weighted by Gasteiger charge is -2.27. The van der Waals surface area contributed by atoms with Crippen LogP contribution in [-0.2, 0) is 9.47 Å². The summed E-state index contributed by atoms with van der Waals surface area (Å²) in [6.07, 6.45) is 1.33. The number of carbonyl (C=O) groups is 1. The molecule has 0 saturated carbocycles. The van der Waals surface area contributed by atoms with Crippen LogP contribution in [0.4, 0.5) is 10.6 Å². The fraction of sp³-hybridized carbons (Fsp3) is 0.364. The Bertz CT molecular complexity index is 1080. The Hall–Kier alpha value is -2.09. The SMILES string of the molecule is CC(C)(C)OC(=O)n1c(-c2ccc(N3CCOCC3)nc2)cc2cc(Br)c(Cl)cc21. The molecule has 0 aliphatic carbocycles. The van der Waals surface area contributed by atoms with Gasteiger partial charge >= 0.3 is 6.09 Å². The fourth-order valence-electron chi connectivity index (χ4n) is 3.44. The summed E-state index contributed by atoms with van der Waals surface area (Å²) in [5.74, 6) is 0.896. The molecule has 1 fully saturated rings. The molecule has 1 aromatic carbocycles. The maximum atomic E-state index is 13.1. The third kappa shape index (κ3) is 4.33. The van der Waals surface area contributed by atoms with Gasteiger partial charge in [0, 0.05) is 34.7 Å². The van der Waals surface area contributed by atoms with Crippen molar-refractivity contribution in [2.45, 2.75) is 26.4 Å². The fourth-order valence-corrected chi connectivity index (χ4v) is 3.96. The number of ether oxygens (including phenoxy) is 2. The Morgan fingerprint density at radius 1 is 1.20 bits per heavy atom. The molecule has 0 spiro atoms. The van der Waals surface area contributed by atoms with Gasteiger partial charge in [-0.25, -0.2) is 14.3 Å². The number of anilines is 1. The van der Waals surface area contributed by atoms with E-state index in [1.54, 1.807) is 16.8 Å². The zero-order chi connectivity index (χ0) is 21.5. The Morgan fingerprint density at radius 3 is 2.57 bits per heavy atom. The van der Waals surface area contributed by atoms with E-state index in [4.69, 9.17) is 21.1 Å². The highest BCUT2D eigenvalue weighted by Crippen LogP contribution is 2.34. The molecule has 158 valence electrons. The van der Waals surface area contributed by atoms with E-state index in [0.29, 0.717) is 29.4 Å². The van der Waals surface area contributed by atoms with E-state index < -0.39 is 11.7 Å². The van der Waals surface area contributed by atoms with Crippen LogP contribution in [0.25, 0.3) is 22.2 Å². The highest BCUT2D eigenvalue weighted by molar-refractivity contribution is 9.10. The molecule has 0 atom stereocenters. The van der Waals surface area contributed by atoms with Gasteiger partial charge in [-0.2, -0.15) is 0 Å². The average Bonchev–Trinajstić information content (AvgIpc) is 3.06. The molecule has 0 unspecified atom stereocenters. The lowest BCUT2D eigenvalue weighted by atomic mass is 10.2. The second kappa shape index (κ2) is 8.21. The van der Waals surface area contributed by atoms with E-state index in [2.05, 4.69) is 25.8 Å². The lowest BCUT2D eigenvalue weighted by molar-refractivity contribution is 0.0547. The Kier molecular flexibility index (Phi) is 5.79. The second-order valence-corrected chi connectivity index (χ2v) is 9.44. The zero-order valence-electron chi connectivity index (χ0n) is 17.1. The summed E-state index contributed by atoms with van der Waals surface area (Å²) in [6, 6.07) is 9.57. The van der Waals surface area contributed by atoms with Gasteiger partial charge in [-0.15, -0.1) is 0 Å². The Balaban J connectivity index is 1.79. The summed E-state index contributed by atoms with van der Waals surface area (Å²) in [6.45, 7) is 8.57. The number of fused-ring (bicyclic) bond motifs is 1. The Morgan fingerprint density at radius 2 is 1.93 bits per heavy atom. The summed E-state index contributed by atoms with van der Waals surface area (Å²) in [4.78, 5) is 19.9. The quantitative estimate of drug-likeness (QED) is 0.457. The van der Waals surface area contributed by atoms with E-state index in [0.717, 1.165) is 34.3 Å². The summed E-state index contributed by atoms with van der Waals surface area (Å²) < 4.78 is 13.4. The standard InChI is InChI=1S/C22H23BrClN3O3/c1-22(2,3)30-21(28)27-18(11-15-10-16(23)17(24)12-19(15)27)14-4-5-20(25-13-14)26-6-8-29-9-7-26/h4-5,10-13H,6-9H2,1-3H3. The number of carbonyl (C=O) groups excluding carboxylic acids is 1. The van der Waals surface area contributed by atoms with Crippen LogP contribution in [0.2, 0.25) is 5.02 Å². The van der Waals surface area contributed by atoms with E-state index in [1.807, 2.05) is 45.0 Å². The van der Waals surface area contributed by atoms with Crippen LogP contribution in [0, 0.1) is 0 Å². The first-order valence-corrected chi connectivity index (χ1v) is 10.9. The number of rotatable bonds is 2. The number of benzene rings is 1. The van der Waals surface area contributed by atoms with Crippen LogP contribution < -0.4 is 4.90 Å². The molecular weight excluding hydrogens is 470 g/mol. The highest BCUT2D eigenvalue weighted by atomic mass is 79.9. The molecule has 1 aliphatic heterocycles. The van der Waals surface area contributed by atoms with Crippen LogP contribution in [0.15, 0.2) is 41.0 Å². The number of morpholine rings is 1. The average molecular weight is 493 g/mol. The second-order valence-electron chi connectivity index (χ2n) is 8.17. The number of pyridine rings is 1. The number of hydrogen-bond acceptors (Lipinski definition) is 5. The molecule has 0 N–H and O–H groups in total. The molecule has 6 nitrogen and oxygen atoms in total. The van der Waals surface area contributed by atoms with Crippen molar-refractivity contribution in [3.63, 3.8) is 0 Å². The molecule has 0 radical (unpaired) electrons. The molecule has 0 bridgehead atoms. The third-order valence-electron chi connectivity index (χ3n) is 4.80. The maximum Gasteiger partial charge on any atom is 0.419 e. The third-order valence-corrected chi connectivity index (χ3v) is 6.00. The minimum absolute atomic E-state index is 0.455. The summed E-state index contributed by atoms with van der Waals surface area (Å²) in [5, 5.41) is 1.40. The van der Waals surface area contributed by atoms with Crippen LogP contribution in [0.5, 0.6) is 0 Å². The van der Waals surface area contributed by atoms with Crippen LogP contribution >= 0.6 is 27.5 Å². The molecule has 8 heteroatoms. The van der Waals surface area contributed by atoms with Gasteiger partial charge in [-0.1, -0.05) is 11.6 Å².